The fraction of sp³-hybridized carbons (Fsp3) is 0.250. The number of alkyl halides is 3. The van der Waals surface area contributed by atoms with Crippen molar-refractivity contribution in [3.63, 3.8) is 0 Å². The zero-order valence-corrected chi connectivity index (χ0v) is 21.5. The third-order valence-electron chi connectivity index (χ3n) is 6.85. The molecule has 1 amide bonds. The summed E-state index contributed by atoms with van der Waals surface area (Å²) in [5, 5.41) is 10.7. The van der Waals surface area contributed by atoms with Crippen LogP contribution in [0.4, 0.5) is 18.9 Å². The van der Waals surface area contributed by atoms with Crippen molar-refractivity contribution in [2.24, 2.45) is 0 Å². The lowest BCUT2D eigenvalue weighted by atomic mass is 10.1. The Hall–Kier alpha value is -4.74. The van der Waals surface area contributed by atoms with Crippen molar-refractivity contribution in [2.45, 2.75) is 19.8 Å². The zero-order valence-electron chi connectivity index (χ0n) is 21.5. The van der Waals surface area contributed by atoms with Gasteiger partial charge in [-0.2, -0.15) is 0 Å². The van der Waals surface area contributed by atoms with Crippen molar-refractivity contribution in [1.29, 1.82) is 0 Å². The first-order valence-corrected chi connectivity index (χ1v) is 12.5. The first-order chi connectivity index (χ1) is 19.1. The molecule has 2 aromatic carbocycles. The van der Waals surface area contributed by atoms with Gasteiger partial charge in [-0.25, -0.2) is 9.36 Å². The summed E-state index contributed by atoms with van der Waals surface area (Å²) in [6.07, 6.45) is -1.86. The molecule has 0 radical (unpaired) electrons. The van der Waals surface area contributed by atoms with E-state index in [1.807, 2.05) is 30.3 Å². The Labute approximate surface area is 227 Å². The van der Waals surface area contributed by atoms with Gasteiger partial charge in [-0.1, -0.05) is 18.2 Å². The van der Waals surface area contributed by atoms with E-state index in [1.54, 1.807) is 17.9 Å². The monoisotopic (exact) mass is 553 g/mol. The molecule has 1 fully saturated rings. The van der Waals surface area contributed by atoms with Gasteiger partial charge in [0, 0.05) is 44.3 Å². The molecular weight excluding hydrogens is 527 g/mol. The average Bonchev–Trinajstić information content (AvgIpc) is 3.16. The molecule has 1 saturated heterocycles. The van der Waals surface area contributed by atoms with E-state index < -0.39 is 17.8 Å². The number of carbonyl (C=O) groups excluding carboxylic acids is 1. The third-order valence-corrected chi connectivity index (χ3v) is 6.85. The largest absolute Gasteiger partial charge is 0.573 e. The number of imidazole rings is 1. The molecule has 0 atom stereocenters. The Bertz CT molecular complexity index is 1560. The fourth-order valence-electron chi connectivity index (χ4n) is 4.75. The Morgan fingerprint density at radius 3 is 2.30 bits per heavy atom. The summed E-state index contributed by atoms with van der Waals surface area (Å²) in [6, 6.07) is 16.2. The summed E-state index contributed by atoms with van der Waals surface area (Å²) in [7, 11) is 0. The highest BCUT2D eigenvalue weighted by molar-refractivity contribution is 5.95. The van der Waals surface area contributed by atoms with E-state index in [0.717, 1.165) is 22.4 Å². The number of nitrogens with zero attached hydrogens (tertiary/aromatic N) is 5. The lowest BCUT2D eigenvalue weighted by Gasteiger charge is -2.36. The normalized spacial score (nSPS) is 13.9. The number of aromatic hydroxyl groups is 1. The first-order valence-electron chi connectivity index (χ1n) is 12.5. The lowest BCUT2D eigenvalue weighted by Crippen LogP contribution is -2.49. The molecule has 12 heteroatoms. The van der Waals surface area contributed by atoms with Crippen molar-refractivity contribution in [3.05, 3.63) is 100 Å². The molecule has 0 saturated carbocycles. The van der Waals surface area contributed by atoms with Gasteiger partial charge in [0.15, 0.2) is 0 Å². The maximum Gasteiger partial charge on any atom is 0.573 e. The van der Waals surface area contributed by atoms with Crippen LogP contribution < -0.4 is 15.3 Å². The molecule has 2 aromatic heterocycles. The molecule has 0 aliphatic carbocycles. The van der Waals surface area contributed by atoms with Crippen molar-refractivity contribution in [3.8, 4) is 17.3 Å². The molecule has 208 valence electrons. The molecule has 3 heterocycles. The Kier molecular flexibility index (Phi) is 7.24. The van der Waals surface area contributed by atoms with Crippen LogP contribution >= 0.6 is 0 Å². The number of hydrogen-bond donors (Lipinski definition) is 1. The van der Waals surface area contributed by atoms with Crippen molar-refractivity contribution in [2.75, 3.05) is 31.1 Å². The number of pyridine rings is 1. The number of piperazine rings is 1. The number of amides is 1. The lowest BCUT2D eigenvalue weighted by molar-refractivity contribution is -0.274. The molecule has 1 N–H and O–H groups in total. The second-order valence-corrected chi connectivity index (χ2v) is 9.30. The molecule has 9 nitrogen and oxygen atoms in total. The van der Waals surface area contributed by atoms with Crippen LogP contribution in [0.25, 0.3) is 5.69 Å². The topological polar surface area (TPSA) is 92.8 Å². The van der Waals surface area contributed by atoms with E-state index in [2.05, 4.69) is 14.6 Å². The van der Waals surface area contributed by atoms with E-state index in [9.17, 15) is 27.9 Å². The van der Waals surface area contributed by atoms with Crippen molar-refractivity contribution in [1.82, 2.24) is 19.0 Å². The second kappa shape index (κ2) is 10.8. The number of benzene rings is 2. The van der Waals surface area contributed by atoms with Crippen LogP contribution in [0.15, 0.2) is 77.9 Å². The number of anilines is 1. The summed E-state index contributed by atoms with van der Waals surface area (Å²) in [4.78, 5) is 34.9. The van der Waals surface area contributed by atoms with Crippen LogP contribution in [0, 0.1) is 6.92 Å². The zero-order chi connectivity index (χ0) is 28.4. The van der Waals surface area contributed by atoms with Crippen LogP contribution in [0.3, 0.4) is 0 Å². The molecule has 1 aliphatic rings. The number of para-hydroxylation sites is 1. The Morgan fingerprint density at radius 2 is 1.65 bits per heavy atom. The average molecular weight is 554 g/mol. The van der Waals surface area contributed by atoms with Gasteiger partial charge in [-0.15, -0.1) is 13.2 Å². The van der Waals surface area contributed by atoms with Crippen molar-refractivity contribution < 1.29 is 27.8 Å². The smallest absolute Gasteiger partial charge is 0.493 e. The number of aromatic nitrogens is 3. The predicted molar refractivity (Wildman–Crippen MR) is 141 cm³/mol. The number of rotatable bonds is 6. The van der Waals surface area contributed by atoms with Crippen LogP contribution in [0.5, 0.6) is 11.6 Å². The van der Waals surface area contributed by atoms with Gasteiger partial charge >= 0.3 is 12.1 Å². The van der Waals surface area contributed by atoms with Crippen molar-refractivity contribution >= 4 is 11.6 Å². The molecular formula is C28H26F3N5O4. The van der Waals surface area contributed by atoms with Gasteiger partial charge in [-0.05, 0) is 55.0 Å². The summed E-state index contributed by atoms with van der Waals surface area (Å²) < 4.78 is 43.7. The van der Waals surface area contributed by atoms with Gasteiger partial charge < -0.3 is 19.6 Å². The van der Waals surface area contributed by atoms with E-state index in [-0.39, 0.29) is 29.7 Å². The van der Waals surface area contributed by atoms with Crippen LogP contribution in [0.2, 0.25) is 0 Å². The van der Waals surface area contributed by atoms with Crippen LogP contribution in [-0.2, 0) is 6.54 Å². The Morgan fingerprint density at radius 1 is 0.975 bits per heavy atom. The first kappa shape index (κ1) is 26.9. The SMILES string of the molecule is Cc1c(O)n(-c2ccc(OC(F)(F)F)cc2)c(=O)n1Cc1ccncc1C(=O)N1CCN(c2ccccc2)CC1. The van der Waals surface area contributed by atoms with E-state index in [1.165, 1.54) is 29.1 Å². The number of carbonyl (C=O) groups is 1. The maximum atomic E-state index is 13.5. The minimum absolute atomic E-state index is 0.0198. The molecule has 40 heavy (non-hydrogen) atoms. The quantitative estimate of drug-likeness (QED) is 0.389. The summed E-state index contributed by atoms with van der Waals surface area (Å²) in [5.74, 6) is -1.02. The highest BCUT2D eigenvalue weighted by atomic mass is 19.4. The van der Waals surface area contributed by atoms with Gasteiger partial charge in [0.25, 0.3) is 5.91 Å². The molecule has 0 bridgehead atoms. The minimum atomic E-state index is -4.85. The summed E-state index contributed by atoms with van der Waals surface area (Å²) >= 11 is 0. The maximum absolute atomic E-state index is 13.5. The van der Waals surface area contributed by atoms with Crippen LogP contribution in [0.1, 0.15) is 21.6 Å². The molecule has 1 aliphatic heterocycles. The minimum Gasteiger partial charge on any atom is -0.493 e. The molecule has 0 spiro atoms. The predicted octanol–water partition coefficient (Wildman–Crippen LogP) is 3.96. The van der Waals surface area contributed by atoms with Crippen LogP contribution in [-0.4, -0.2) is 62.6 Å². The van der Waals surface area contributed by atoms with Gasteiger partial charge in [-0.3, -0.25) is 14.3 Å². The van der Waals surface area contributed by atoms with E-state index >= 15 is 0 Å². The number of ether oxygens (including phenoxy) is 1. The highest BCUT2D eigenvalue weighted by Gasteiger charge is 2.31. The van der Waals surface area contributed by atoms with E-state index in [0.29, 0.717) is 37.3 Å². The number of hydrogen-bond acceptors (Lipinski definition) is 6. The molecule has 0 unspecified atom stereocenters. The number of halogens is 3. The summed E-state index contributed by atoms with van der Waals surface area (Å²) in [6.45, 7) is 3.91. The van der Waals surface area contributed by atoms with Gasteiger partial charge in [0.1, 0.15) is 5.75 Å². The Balaban J connectivity index is 1.36. The molecule has 4 aromatic rings. The van der Waals surface area contributed by atoms with Gasteiger partial charge in [0.05, 0.1) is 23.5 Å². The van der Waals surface area contributed by atoms with Gasteiger partial charge in [0.2, 0.25) is 5.88 Å². The third kappa shape index (κ3) is 5.51. The fourth-order valence-corrected chi connectivity index (χ4v) is 4.75. The summed E-state index contributed by atoms with van der Waals surface area (Å²) in [5.41, 5.74) is 1.75. The second-order valence-electron chi connectivity index (χ2n) is 9.30. The molecule has 5 rings (SSSR count). The highest BCUT2D eigenvalue weighted by Crippen LogP contribution is 2.26. The van der Waals surface area contributed by atoms with E-state index in [4.69, 9.17) is 0 Å². The standard InChI is InChI=1S/C28H26F3N5O4/c1-19-25(37)36(22-7-9-23(10-8-22)40-28(29,30)31)27(39)35(19)18-20-11-12-32-17-24(20)26(38)34-15-13-33(14-16-34)21-5-3-2-4-6-21/h2-12,17,37H,13-16,18H2,1H3.